The van der Waals surface area contributed by atoms with Gasteiger partial charge in [-0.1, -0.05) is 24.3 Å². The van der Waals surface area contributed by atoms with Gasteiger partial charge < -0.3 is 15.2 Å². The van der Waals surface area contributed by atoms with Crippen LogP contribution >= 0.6 is 0 Å². The van der Waals surface area contributed by atoms with E-state index in [-0.39, 0.29) is 12.6 Å². The smallest absolute Gasteiger partial charge is 0.338 e. The first kappa shape index (κ1) is 13.4. The van der Waals surface area contributed by atoms with Crippen molar-refractivity contribution in [2.75, 3.05) is 25.1 Å². The normalized spacial score (nSPS) is 10.4. The molecular weight excluding hydrogens is 242 g/mol. The fourth-order valence-electron chi connectivity index (χ4n) is 2.03. The predicted octanol–water partition coefficient (Wildman–Crippen LogP) is 2.42. The molecule has 0 aliphatic rings. The molecule has 100 valence electrons. The molecule has 2 aromatic carbocycles. The zero-order chi connectivity index (χ0) is 13.7. The summed E-state index contributed by atoms with van der Waals surface area (Å²) in [6.45, 7) is 2.69. The quantitative estimate of drug-likeness (QED) is 0.810. The molecule has 0 saturated carbocycles. The van der Waals surface area contributed by atoms with E-state index in [0.717, 1.165) is 16.5 Å². The molecular formula is C15H17NO3. The number of benzene rings is 2. The number of aliphatic hydroxyl groups excluding tert-OH is 1. The SMILES string of the molecule is CCOC(=O)c1ccc(NCCO)c2ccccc12. The summed E-state index contributed by atoms with van der Waals surface area (Å²) in [7, 11) is 0. The van der Waals surface area contributed by atoms with Gasteiger partial charge in [0.05, 0.1) is 18.8 Å². The molecule has 2 N–H and O–H groups in total. The van der Waals surface area contributed by atoms with Crippen LogP contribution in [0.2, 0.25) is 0 Å². The monoisotopic (exact) mass is 259 g/mol. The summed E-state index contributed by atoms with van der Waals surface area (Å²) in [5.41, 5.74) is 1.46. The Kier molecular flexibility index (Phi) is 4.36. The van der Waals surface area contributed by atoms with Crippen LogP contribution in [-0.2, 0) is 4.74 Å². The van der Waals surface area contributed by atoms with Gasteiger partial charge in [-0.05, 0) is 24.4 Å². The standard InChI is InChI=1S/C15H17NO3/c1-2-19-15(18)13-7-8-14(16-9-10-17)12-6-4-3-5-11(12)13/h3-8,16-17H,2,9-10H2,1H3. The van der Waals surface area contributed by atoms with Crippen molar-refractivity contribution in [3.63, 3.8) is 0 Å². The molecule has 0 heterocycles. The Hall–Kier alpha value is -2.07. The van der Waals surface area contributed by atoms with Gasteiger partial charge in [0.2, 0.25) is 0 Å². The summed E-state index contributed by atoms with van der Waals surface area (Å²) < 4.78 is 5.06. The maximum atomic E-state index is 11.9. The lowest BCUT2D eigenvalue weighted by molar-refractivity contribution is 0.0528. The number of rotatable bonds is 5. The first-order valence-corrected chi connectivity index (χ1v) is 6.31. The fraction of sp³-hybridized carbons (Fsp3) is 0.267. The second-order valence-corrected chi connectivity index (χ2v) is 4.08. The molecule has 0 aromatic heterocycles. The van der Waals surface area contributed by atoms with Gasteiger partial charge in [-0.3, -0.25) is 0 Å². The lowest BCUT2D eigenvalue weighted by Crippen LogP contribution is -2.08. The first-order chi connectivity index (χ1) is 9.27. The summed E-state index contributed by atoms with van der Waals surface area (Å²) in [5.74, 6) is -0.313. The highest BCUT2D eigenvalue weighted by Crippen LogP contribution is 2.27. The highest BCUT2D eigenvalue weighted by molar-refractivity contribution is 6.08. The first-order valence-electron chi connectivity index (χ1n) is 6.31. The van der Waals surface area contributed by atoms with Gasteiger partial charge in [-0.2, -0.15) is 0 Å². The van der Waals surface area contributed by atoms with E-state index >= 15 is 0 Å². The molecule has 0 amide bonds. The third-order valence-electron chi connectivity index (χ3n) is 2.85. The van der Waals surface area contributed by atoms with E-state index in [0.29, 0.717) is 18.7 Å². The van der Waals surface area contributed by atoms with Crippen molar-refractivity contribution in [2.24, 2.45) is 0 Å². The van der Waals surface area contributed by atoms with E-state index in [9.17, 15) is 4.79 Å². The van der Waals surface area contributed by atoms with Gasteiger partial charge in [-0.15, -0.1) is 0 Å². The summed E-state index contributed by atoms with van der Waals surface area (Å²) in [6.07, 6.45) is 0. The molecule has 0 aliphatic heterocycles. The molecule has 0 spiro atoms. The maximum absolute atomic E-state index is 11.9. The highest BCUT2D eigenvalue weighted by atomic mass is 16.5. The van der Waals surface area contributed by atoms with Crippen molar-refractivity contribution in [1.82, 2.24) is 0 Å². The minimum absolute atomic E-state index is 0.0634. The Labute approximate surface area is 112 Å². The molecule has 2 aromatic rings. The molecule has 0 saturated heterocycles. The van der Waals surface area contributed by atoms with Gasteiger partial charge in [0.25, 0.3) is 0 Å². The van der Waals surface area contributed by atoms with E-state index in [1.54, 1.807) is 13.0 Å². The predicted molar refractivity (Wildman–Crippen MR) is 75.5 cm³/mol. The fourth-order valence-corrected chi connectivity index (χ4v) is 2.03. The number of hydrogen-bond acceptors (Lipinski definition) is 4. The minimum Gasteiger partial charge on any atom is -0.462 e. The number of fused-ring (bicyclic) bond motifs is 1. The van der Waals surface area contributed by atoms with Crippen LogP contribution in [0.4, 0.5) is 5.69 Å². The second kappa shape index (κ2) is 6.20. The number of aliphatic hydroxyl groups is 1. The molecule has 0 aliphatic carbocycles. The highest BCUT2D eigenvalue weighted by Gasteiger charge is 2.12. The Bertz CT molecular complexity index is 581. The summed E-state index contributed by atoms with van der Waals surface area (Å²) in [5, 5.41) is 13.8. The van der Waals surface area contributed by atoms with Gasteiger partial charge in [0, 0.05) is 17.6 Å². The third kappa shape index (κ3) is 2.85. The largest absolute Gasteiger partial charge is 0.462 e. The maximum Gasteiger partial charge on any atom is 0.338 e. The van der Waals surface area contributed by atoms with E-state index in [2.05, 4.69) is 5.32 Å². The number of carbonyl (C=O) groups excluding carboxylic acids is 1. The van der Waals surface area contributed by atoms with Crippen LogP contribution in [0.3, 0.4) is 0 Å². The van der Waals surface area contributed by atoms with Gasteiger partial charge in [0.15, 0.2) is 0 Å². The summed E-state index contributed by atoms with van der Waals surface area (Å²) in [6, 6.07) is 11.2. The van der Waals surface area contributed by atoms with Gasteiger partial charge in [-0.25, -0.2) is 4.79 Å². The molecule has 0 atom stereocenters. The Morgan fingerprint density at radius 2 is 1.95 bits per heavy atom. The van der Waals surface area contributed by atoms with Crippen LogP contribution in [0.25, 0.3) is 10.8 Å². The van der Waals surface area contributed by atoms with E-state index in [1.165, 1.54) is 0 Å². The molecule has 0 radical (unpaired) electrons. The van der Waals surface area contributed by atoms with E-state index < -0.39 is 0 Å². The molecule has 0 fully saturated rings. The van der Waals surface area contributed by atoms with Crippen LogP contribution in [0.5, 0.6) is 0 Å². The van der Waals surface area contributed by atoms with Gasteiger partial charge in [0.1, 0.15) is 0 Å². The van der Waals surface area contributed by atoms with Crippen LogP contribution in [-0.4, -0.2) is 30.8 Å². The van der Waals surface area contributed by atoms with Crippen molar-refractivity contribution in [3.05, 3.63) is 42.0 Å². The zero-order valence-electron chi connectivity index (χ0n) is 10.8. The molecule has 4 heteroatoms. The van der Waals surface area contributed by atoms with Crippen molar-refractivity contribution in [3.8, 4) is 0 Å². The summed E-state index contributed by atoms with van der Waals surface area (Å²) in [4.78, 5) is 11.9. The number of carbonyl (C=O) groups is 1. The van der Waals surface area contributed by atoms with Crippen molar-refractivity contribution in [1.29, 1.82) is 0 Å². The number of esters is 1. The summed E-state index contributed by atoms with van der Waals surface area (Å²) >= 11 is 0. The second-order valence-electron chi connectivity index (χ2n) is 4.08. The number of hydrogen-bond donors (Lipinski definition) is 2. The van der Waals surface area contributed by atoms with Crippen molar-refractivity contribution < 1.29 is 14.6 Å². The molecule has 19 heavy (non-hydrogen) atoms. The van der Waals surface area contributed by atoms with E-state index in [1.807, 2.05) is 30.3 Å². The number of ether oxygens (including phenoxy) is 1. The lowest BCUT2D eigenvalue weighted by Gasteiger charge is -2.11. The minimum atomic E-state index is -0.313. The Balaban J connectivity index is 2.48. The van der Waals surface area contributed by atoms with E-state index in [4.69, 9.17) is 9.84 Å². The number of nitrogens with one attached hydrogen (secondary N) is 1. The third-order valence-corrected chi connectivity index (χ3v) is 2.85. The lowest BCUT2D eigenvalue weighted by atomic mass is 10.0. The van der Waals surface area contributed by atoms with Gasteiger partial charge >= 0.3 is 5.97 Å². The molecule has 2 rings (SSSR count). The molecule has 0 unspecified atom stereocenters. The topological polar surface area (TPSA) is 58.6 Å². The van der Waals surface area contributed by atoms with Crippen LogP contribution < -0.4 is 5.32 Å². The zero-order valence-corrected chi connectivity index (χ0v) is 10.8. The van der Waals surface area contributed by atoms with Crippen LogP contribution in [0.1, 0.15) is 17.3 Å². The molecule has 0 bridgehead atoms. The molecule has 4 nitrogen and oxygen atoms in total. The van der Waals surface area contributed by atoms with Crippen molar-refractivity contribution in [2.45, 2.75) is 6.92 Å². The van der Waals surface area contributed by atoms with Crippen molar-refractivity contribution >= 4 is 22.4 Å². The Morgan fingerprint density at radius 1 is 1.21 bits per heavy atom. The average Bonchev–Trinajstić information content (AvgIpc) is 2.45. The number of anilines is 1. The van der Waals surface area contributed by atoms with Crippen LogP contribution in [0.15, 0.2) is 36.4 Å². The average molecular weight is 259 g/mol. The Morgan fingerprint density at radius 3 is 2.63 bits per heavy atom. The van der Waals surface area contributed by atoms with Crippen LogP contribution in [0, 0.1) is 0 Å².